The number of hydrogen-bond donors (Lipinski definition) is 3. The summed E-state index contributed by atoms with van der Waals surface area (Å²) in [5.74, 6) is -1.15. The molecule has 3 N–H and O–H groups in total. The Morgan fingerprint density at radius 1 is 1.14 bits per heavy atom. The number of carbonyl (C=O) groups excluding carboxylic acids is 1. The van der Waals surface area contributed by atoms with Gasteiger partial charge in [0.2, 0.25) is 0 Å². The van der Waals surface area contributed by atoms with Crippen molar-refractivity contribution in [2.45, 2.75) is 18.8 Å². The highest BCUT2D eigenvalue weighted by atomic mass is 19.1. The molecule has 2 aromatic carbocycles. The highest BCUT2D eigenvalue weighted by molar-refractivity contribution is 5.99. The number of hydrogen-bond acceptors (Lipinski definition) is 4. The number of amides is 1. The van der Waals surface area contributed by atoms with Crippen molar-refractivity contribution in [2.24, 2.45) is 0 Å². The molecule has 28 heavy (non-hydrogen) atoms. The molecule has 1 amide bonds. The largest absolute Gasteiger partial charge is 0.507 e. The number of rotatable bonds is 3. The SMILES string of the molecule is O=C(c1c(O)cccc1O)N1CCC[C@@H](c2[nH]ncc2-c2ccc(F)cc2)C1. The standard InChI is InChI=1S/C21H20FN3O3/c22-15-8-6-13(7-9-15)16-11-23-24-20(16)14-3-2-10-25(12-14)21(28)19-17(26)4-1-5-18(19)27/h1,4-9,11,14,26-27H,2-3,10,12H2,(H,23,24)/t14-/m1/s1. The fourth-order valence-electron chi connectivity index (χ4n) is 3.77. The van der Waals surface area contributed by atoms with Gasteiger partial charge in [-0.3, -0.25) is 9.89 Å². The molecule has 2 heterocycles. The Balaban J connectivity index is 1.59. The van der Waals surface area contributed by atoms with Gasteiger partial charge in [0.1, 0.15) is 22.9 Å². The molecule has 3 aromatic rings. The van der Waals surface area contributed by atoms with E-state index in [1.807, 2.05) is 0 Å². The molecule has 1 aliphatic heterocycles. The molecule has 1 fully saturated rings. The lowest BCUT2D eigenvalue weighted by Crippen LogP contribution is -2.39. The lowest BCUT2D eigenvalue weighted by Gasteiger charge is -2.33. The Morgan fingerprint density at radius 3 is 2.57 bits per heavy atom. The zero-order valence-electron chi connectivity index (χ0n) is 15.1. The molecule has 0 saturated carbocycles. The molecule has 1 aliphatic rings. The van der Waals surface area contributed by atoms with Crippen molar-refractivity contribution in [3.8, 4) is 22.6 Å². The molecule has 0 spiro atoms. The molecular formula is C21H20FN3O3. The van der Waals surface area contributed by atoms with E-state index in [-0.39, 0.29) is 28.8 Å². The molecule has 1 saturated heterocycles. The second kappa shape index (κ2) is 7.34. The summed E-state index contributed by atoms with van der Waals surface area (Å²) in [5.41, 5.74) is 2.55. The molecule has 4 rings (SSSR count). The van der Waals surface area contributed by atoms with E-state index in [2.05, 4.69) is 10.2 Å². The van der Waals surface area contributed by atoms with Crippen molar-refractivity contribution in [2.75, 3.05) is 13.1 Å². The molecule has 1 atom stereocenters. The fourth-order valence-corrected chi connectivity index (χ4v) is 3.77. The Hall–Kier alpha value is -3.35. The van der Waals surface area contributed by atoms with Crippen LogP contribution in [0.2, 0.25) is 0 Å². The van der Waals surface area contributed by atoms with Crippen LogP contribution in [0.5, 0.6) is 11.5 Å². The number of benzene rings is 2. The smallest absolute Gasteiger partial charge is 0.261 e. The van der Waals surface area contributed by atoms with Crippen LogP contribution in [0.25, 0.3) is 11.1 Å². The first-order valence-electron chi connectivity index (χ1n) is 9.14. The normalized spacial score (nSPS) is 16.9. The van der Waals surface area contributed by atoms with Gasteiger partial charge in [-0.15, -0.1) is 0 Å². The van der Waals surface area contributed by atoms with Gasteiger partial charge in [0.25, 0.3) is 5.91 Å². The maximum Gasteiger partial charge on any atom is 0.261 e. The topological polar surface area (TPSA) is 89.5 Å². The van der Waals surface area contributed by atoms with Gasteiger partial charge >= 0.3 is 0 Å². The molecular weight excluding hydrogens is 361 g/mol. The number of carbonyl (C=O) groups is 1. The predicted octanol–water partition coefficient (Wildman–Crippen LogP) is 3.65. The van der Waals surface area contributed by atoms with Gasteiger partial charge in [0, 0.05) is 30.3 Å². The minimum atomic E-state index is -0.400. The van der Waals surface area contributed by atoms with Crippen LogP contribution in [0.15, 0.2) is 48.7 Å². The third kappa shape index (κ3) is 3.31. The lowest BCUT2D eigenvalue weighted by atomic mass is 9.90. The Labute approximate surface area is 161 Å². The van der Waals surface area contributed by atoms with Crippen LogP contribution in [0.3, 0.4) is 0 Å². The average molecular weight is 381 g/mol. The first-order chi connectivity index (χ1) is 13.5. The van der Waals surface area contributed by atoms with Gasteiger partial charge in [-0.2, -0.15) is 5.10 Å². The maximum atomic E-state index is 13.2. The highest BCUT2D eigenvalue weighted by Gasteiger charge is 2.30. The van der Waals surface area contributed by atoms with Crippen molar-refractivity contribution in [3.63, 3.8) is 0 Å². The number of aromatic hydroxyl groups is 2. The quantitative estimate of drug-likeness (QED) is 0.646. The molecule has 0 unspecified atom stereocenters. The number of phenolic OH excluding ortho intramolecular Hbond substituents is 2. The zero-order chi connectivity index (χ0) is 19.7. The number of piperidine rings is 1. The van der Waals surface area contributed by atoms with E-state index in [1.54, 1.807) is 23.2 Å². The summed E-state index contributed by atoms with van der Waals surface area (Å²) in [6, 6.07) is 10.5. The molecule has 6 nitrogen and oxygen atoms in total. The highest BCUT2D eigenvalue weighted by Crippen LogP contribution is 2.35. The zero-order valence-corrected chi connectivity index (χ0v) is 15.1. The van der Waals surface area contributed by atoms with E-state index in [9.17, 15) is 19.4 Å². The van der Waals surface area contributed by atoms with Crippen LogP contribution < -0.4 is 0 Å². The molecule has 0 bridgehead atoms. The molecule has 7 heteroatoms. The van der Waals surface area contributed by atoms with E-state index in [1.165, 1.54) is 30.3 Å². The minimum Gasteiger partial charge on any atom is -0.507 e. The Morgan fingerprint density at radius 2 is 1.86 bits per heavy atom. The van der Waals surface area contributed by atoms with Crippen molar-refractivity contribution >= 4 is 5.91 Å². The van der Waals surface area contributed by atoms with Gasteiger partial charge < -0.3 is 15.1 Å². The van der Waals surface area contributed by atoms with Crippen molar-refractivity contribution < 1.29 is 19.4 Å². The van der Waals surface area contributed by atoms with Crippen LogP contribution in [0.4, 0.5) is 4.39 Å². The number of nitrogens with one attached hydrogen (secondary N) is 1. The Bertz CT molecular complexity index is 980. The summed E-state index contributed by atoms with van der Waals surface area (Å²) in [4.78, 5) is 14.5. The van der Waals surface area contributed by atoms with Crippen molar-refractivity contribution in [1.82, 2.24) is 15.1 Å². The average Bonchev–Trinajstić information content (AvgIpc) is 3.18. The maximum absolute atomic E-state index is 13.2. The summed E-state index contributed by atoms with van der Waals surface area (Å²) in [6.07, 6.45) is 3.36. The number of likely N-dealkylation sites (tertiary alicyclic amines) is 1. The summed E-state index contributed by atoms with van der Waals surface area (Å²) >= 11 is 0. The first kappa shape index (κ1) is 18.0. The monoisotopic (exact) mass is 381 g/mol. The van der Waals surface area contributed by atoms with E-state index >= 15 is 0 Å². The van der Waals surface area contributed by atoms with Crippen LogP contribution in [-0.4, -0.2) is 44.3 Å². The van der Waals surface area contributed by atoms with Crippen molar-refractivity contribution in [1.29, 1.82) is 0 Å². The van der Waals surface area contributed by atoms with Gasteiger partial charge in [-0.05, 0) is 42.7 Å². The van der Waals surface area contributed by atoms with E-state index in [4.69, 9.17) is 0 Å². The lowest BCUT2D eigenvalue weighted by molar-refractivity contribution is 0.0699. The van der Waals surface area contributed by atoms with Gasteiger partial charge in [-0.1, -0.05) is 18.2 Å². The number of H-pyrrole nitrogens is 1. The molecule has 144 valence electrons. The Kier molecular flexibility index (Phi) is 4.73. The van der Waals surface area contributed by atoms with Gasteiger partial charge in [-0.25, -0.2) is 4.39 Å². The number of aromatic amines is 1. The number of nitrogens with zero attached hydrogens (tertiary/aromatic N) is 2. The molecule has 0 radical (unpaired) electrons. The van der Waals surface area contributed by atoms with E-state index in [0.29, 0.717) is 13.1 Å². The van der Waals surface area contributed by atoms with Gasteiger partial charge in [0.05, 0.1) is 6.20 Å². The number of halogens is 1. The van der Waals surface area contributed by atoms with E-state index < -0.39 is 5.91 Å². The summed E-state index contributed by atoms with van der Waals surface area (Å²) in [7, 11) is 0. The molecule has 0 aliphatic carbocycles. The second-order valence-electron chi connectivity index (χ2n) is 6.97. The minimum absolute atomic E-state index is 0.0215. The van der Waals surface area contributed by atoms with Gasteiger partial charge in [0.15, 0.2) is 0 Å². The number of phenols is 2. The van der Waals surface area contributed by atoms with Crippen LogP contribution in [0.1, 0.15) is 34.8 Å². The number of aromatic nitrogens is 2. The third-order valence-corrected chi connectivity index (χ3v) is 5.18. The second-order valence-corrected chi connectivity index (χ2v) is 6.97. The summed E-state index contributed by atoms with van der Waals surface area (Å²) in [6.45, 7) is 0.978. The summed E-state index contributed by atoms with van der Waals surface area (Å²) in [5, 5.41) is 27.2. The van der Waals surface area contributed by atoms with Crippen molar-refractivity contribution in [3.05, 3.63) is 65.7 Å². The summed E-state index contributed by atoms with van der Waals surface area (Å²) < 4.78 is 13.2. The van der Waals surface area contributed by atoms with Crippen LogP contribution in [0, 0.1) is 5.82 Å². The first-order valence-corrected chi connectivity index (χ1v) is 9.14. The fraction of sp³-hybridized carbons (Fsp3) is 0.238. The third-order valence-electron chi connectivity index (χ3n) is 5.18. The predicted molar refractivity (Wildman–Crippen MR) is 102 cm³/mol. The van der Waals surface area contributed by atoms with Crippen LogP contribution >= 0.6 is 0 Å². The van der Waals surface area contributed by atoms with E-state index in [0.717, 1.165) is 29.7 Å². The molecule has 1 aromatic heterocycles. The van der Waals surface area contributed by atoms with Crippen LogP contribution in [-0.2, 0) is 0 Å².